The molecule has 1 N–H and O–H groups in total. The maximum atomic E-state index is 11.9. The molecule has 1 aliphatic rings. The number of hydrogen-bond donors (Lipinski definition) is 1. The van der Waals surface area contributed by atoms with Gasteiger partial charge < -0.3 is 14.4 Å². The first-order chi connectivity index (χ1) is 14.6. The molecule has 9 nitrogen and oxygen atoms in total. The Hall–Kier alpha value is -3.46. The summed E-state index contributed by atoms with van der Waals surface area (Å²) in [6.45, 7) is 3.86. The second-order valence-electron chi connectivity index (χ2n) is 7.19. The van der Waals surface area contributed by atoms with Crippen LogP contribution in [0.1, 0.15) is 17.9 Å². The van der Waals surface area contributed by atoms with Crippen LogP contribution in [0.25, 0.3) is 22.8 Å². The highest BCUT2D eigenvalue weighted by Gasteiger charge is 2.25. The molecular weight excluding hydrogens is 406 g/mol. The lowest BCUT2D eigenvalue weighted by Crippen LogP contribution is -2.32. The number of pyridine rings is 1. The standard InChI is InChI=1S/C20H18ClN7O2/c1-12-8-14(10-17(29)22-12)18-24-25-20-27(6-3-7-28(18)20)11-16-23-19(30-26-16)13-4-2-5-15(21)9-13/h2,4-5,8-10H,3,6-7,11H2,1H3,(H,22,29). The maximum absolute atomic E-state index is 11.9. The molecule has 152 valence electrons. The van der Waals surface area contributed by atoms with E-state index in [1.807, 2.05) is 29.7 Å². The van der Waals surface area contributed by atoms with E-state index < -0.39 is 0 Å². The van der Waals surface area contributed by atoms with E-state index in [1.165, 1.54) is 0 Å². The lowest BCUT2D eigenvalue weighted by molar-refractivity contribution is 0.420. The van der Waals surface area contributed by atoms with Gasteiger partial charge in [0.15, 0.2) is 11.6 Å². The molecule has 4 aromatic rings. The zero-order valence-electron chi connectivity index (χ0n) is 16.2. The summed E-state index contributed by atoms with van der Waals surface area (Å²) < 4.78 is 7.43. The lowest BCUT2D eigenvalue weighted by atomic mass is 10.2. The van der Waals surface area contributed by atoms with Gasteiger partial charge in [0, 0.05) is 41.0 Å². The van der Waals surface area contributed by atoms with Gasteiger partial charge in [-0.25, -0.2) is 0 Å². The van der Waals surface area contributed by atoms with E-state index in [1.54, 1.807) is 18.2 Å². The van der Waals surface area contributed by atoms with Gasteiger partial charge in [-0.3, -0.25) is 9.36 Å². The van der Waals surface area contributed by atoms with Gasteiger partial charge in [0.1, 0.15) is 0 Å². The molecule has 0 unspecified atom stereocenters. The summed E-state index contributed by atoms with van der Waals surface area (Å²) in [7, 11) is 0. The fraction of sp³-hybridized carbons (Fsp3) is 0.250. The number of aromatic nitrogens is 6. The summed E-state index contributed by atoms with van der Waals surface area (Å²) >= 11 is 6.05. The van der Waals surface area contributed by atoms with E-state index in [0.29, 0.717) is 29.1 Å². The zero-order chi connectivity index (χ0) is 20.7. The fourth-order valence-corrected chi connectivity index (χ4v) is 3.85. The minimum Gasteiger partial charge on any atom is -0.334 e. The molecule has 4 heterocycles. The second kappa shape index (κ2) is 7.42. The van der Waals surface area contributed by atoms with E-state index >= 15 is 0 Å². The number of nitrogens with one attached hydrogen (secondary N) is 1. The number of fused-ring (bicyclic) bond motifs is 1. The molecular formula is C20H18ClN7O2. The molecule has 0 saturated carbocycles. The average molecular weight is 424 g/mol. The highest BCUT2D eigenvalue weighted by Crippen LogP contribution is 2.27. The number of aryl methyl sites for hydroxylation is 1. The van der Waals surface area contributed by atoms with Crippen molar-refractivity contribution in [1.82, 2.24) is 29.9 Å². The van der Waals surface area contributed by atoms with Crippen LogP contribution in [-0.2, 0) is 13.1 Å². The largest absolute Gasteiger partial charge is 0.334 e. The number of halogens is 1. The van der Waals surface area contributed by atoms with E-state index in [9.17, 15) is 4.79 Å². The van der Waals surface area contributed by atoms with Crippen molar-refractivity contribution in [3.8, 4) is 22.8 Å². The Kier molecular flexibility index (Phi) is 4.59. The molecule has 30 heavy (non-hydrogen) atoms. The summed E-state index contributed by atoms with van der Waals surface area (Å²) in [5.74, 6) is 2.38. The number of anilines is 1. The lowest BCUT2D eigenvalue weighted by Gasteiger charge is -2.27. The Balaban J connectivity index is 1.42. The molecule has 1 aromatic carbocycles. The number of nitrogens with zero attached hydrogens (tertiary/aromatic N) is 6. The first-order valence-corrected chi connectivity index (χ1v) is 9.92. The quantitative estimate of drug-likeness (QED) is 0.537. The Morgan fingerprint density at radius 2 is 2.07 bits per heavy atom. The third-order valence-electron chi connectivity index (χ3n) is 4.93. The predicted octanol–water partition coefficient (Wildman–Crippen LogP) is 3.06. The van der Waals surface area contributed by atoms with Gasteiger partial charge in [0.2, 0.25) is 11.5 Å². The number of aromatic amines is 1. The zero-order valence-corrected chi connectivity index (χ0v) is 16.9. The van der Waals surface area contributed by atoms with Crippen molar-refractivity contribution in [2.75, 3.05) is 11.4 Å². The van der Waals surface area contributed by atoms with Gasteiger partial charge in [-0.1, -0.05) is 22.8 Å². The minimum absolute atomic E-state index is 0.157. The Morgan fingerprint density at radius 3 is 2.90 bits per heavy atom. The van der Waals surface area contributed by atoms with Crippen LogP contribution in [0.3, 0.4) is 0 Å². The van der Waals surface area contributed by atoms with Crippen LogP contribution in [0.5, 0.6) is 0 Å². The van der Waals surface area contributed by atoms with Gasteiger partial charge in [-0.05, 0) is 37.6 Å². The molecule has 10 heteroatoms. The van der Waals surface area contributed by atoms with Crippen molar-refractivity contribution >= 4 is 17.5 Å². The van der Waals surface area contributed by atoms with Crippen LogP contribution in [0.4, 0.5) is 5.95 Å². The molecule has 0 atom stereocenters. The number of rotatable bonds is 4. The summed E-state index contributed by atoms with van der Waals surface area (Å²) in [6.07, 6.45) is 0.916. The van der Waals surface area contributed by atoms with Crippen LogP contribution >= 0.6 is 11.6 Å². The third kappa shape index (κ3) is 3.48. The number of hydrogen-bond acceptors (Lipinski definition) is 7. The van der Waals surface area contributed by atoms with E-state index in [0.717, 1.165) is 42.3 Å². The molecule has 0 radical (unpaired) electrons. The van der Waals surface area contributed by atoms with Gasteiger partial charge in [-0.15, -0.1) is 10.2 Å². The van der Waals surface area contributed by atoms with Crippen molar-refractivity contribution in [2.45, 2.75) is 26.4 Å². The smallest absolute Gasteiger partial charge is 0.258 e. The first-order valence-electron chi connectivity index (χ1n) is 9.55. The SMILES string of the molecule is Cc1cc(-c2nnc3n2CCCN3Cc2noc(-c3cccc(Cl)c3)n2)cc(=O)[nH]1. The molecule has 1 aliphatic heterocycles. The van der Waals surface area contributed by atoms with Crippen molar-refractivity contribution in [3.05, 3.63) is 63.3 Å². The van der Waals surface area contributed by atoms with Crippen LogP contribution in [0.15, 0.2) is 45.7 Å². The maximum Gasteiger partial charge on any atom is 0.258 e. The Bertz CT molecular complexity index is 1280. The van der Waals surface area contributed by atoms with Crippen molar-refractivity contribution < 1.29 is 4.52 Å². The summed E-state index contributed by atoms with van der Waals surface area (Å²) in [5, 5.41) is 13.4. The number of benzene rings is 1. The second-order valence-corrected chi connectivity index (χ2v) is 7.63. The molecule has 0 saturated heterocycles. The molecule has 0 amide bonds. The molecule has 5 rings (SSSR count). The van der Waals surface area contributed by atoms with Crippen molar-refractivity contribution in [1.29, 1.82) is 0 Å². The highest BCUT2D eigenvalue weighted by atomic mass is 35.5. The fourth-order valence-electron chi connectivity index (χ4n) is 3.66. The van der Waals surface area contributed by atoms with Crippen LogP contribution in [0.2, 0.25) is 5.02 Å². The first kappa shape index (κ1) is 18.6. The highest BCUT2D eigenvalue weighted by molar-refractivity contribution is 6.30. The van der Waals surface area contributed by atoms with Gasteiger partial charge in [0.25, 0.3) is 5.89 Å². The Labute approximate surface area is 176 Å². The van der Waals surface area contributed by atoms with Gasteiger partial charge >= 0.3 is 0 Å². The molecule has 0 aliphatic carbocycles. The normalized spacial score (nSPS) is 13.5. The topological polar surface area (TPSA) is 106 Å². The summed E-state index contributed by atoms with van der Waals surface area (Å²) in [4.78, 5) is 21.2. The Morgan fingerprint density at radius 1 is 1.17 bits per heavy atom. The molecule has 0 spiro atoms. The van der Waals surface area contributed by atoms with E-state index in [-0.39, 0.29) is 5.56 Å². The molecule has 0 fully saturated rings. The minimum atomic E-state index is -0.157. The van der Waals surface area contributed by atoms with Crippen LogP contribution in [-0.4, -0.2) is 36.4 Å². The summed E-state index contributed by atoms with van der Waals surface area (Å²) in [6, 6.07) is 10.7. The molecule has 3 aromatic heterocycles. The molecule has 0 bridgehead atoms. The van der Waals surface area contributed by atoms with Crippen LogP contribution in [0, 0.1) is 6.92 Å². The van der Waals surface area contributed by atoms with Crippen LogP contribution < -0.4 is 10.5 Å². The van der Waals surface area contributed by atoms with Gasteiger partial charge in [0.05, 0.1) is 6.54 Å². The van der Waals surface area contributed by atoms with Crippen molar-refractivity contribution in [3.63, 3.8) is 0 Å². The average Bonchev–Trinajstić information content (AvgIpc) is 3.35. The predicted molar refractivity (Wildman–Crippen MR) is 111 cm³/mol. The monoisotopic (exact) mass is 423 g/mol. The number of H-pyrrole nitrogens is 1. The summed E-state index contributed by atoms with van der Waals surface area (Å²) in [5.41, 5.74) is 2.15. The van der Waals surface area contributed by atoms with E-state index in [4.69, 9.17) is 16.1 Å². The van der Waals surface area contributed by atoms with E-state index in [2.05, 4.69) is 30.2 Å². The third-order valence-corrected chi connectivity index (χ3v) is 5.17. The van der Waals surface area contributed by atoms with Gasteiger partial charge in [-0.2, -0.15) is 4.98 Å². The van der Waals surface area contributed by atoms with Crippen molar-refractivity contribution in [2.24, 2.45) is 0 Å².